The maximum Gasteiger partial charge on any atom is 0.233 e. The predicted octanol–water partition coefficient (Wildman–Crippen LogP) is 1.75. The van der Waals surface area contributed by atoms with Gasteiger partial charge in [0.25, 0.3) is 0 Å². The van der Waals surface area contributed by atoms with Crippen LogP contribution in [0.5, 0.6) is 5.88 Å². The first-order valence-corrected chi connectivity index (χ1v) is 7.54. The molecule has 0 bridgehead atoms. The Morgan fingerprint density at radius 3 is 2.87 bits per heavy atom. The van der Waals surface area contributed by atoms with Crippen molar-refractivity contribution in [1.82, 2.24) is 4.98 Å². The highest BCUT2D eigenvalue weighted by molar-refractivity contribution is 8.14. The Hall–Kier alpha value is -0.460. The fraction of sp³-hybridized carbons (Fsp3) is 0.375. The lowest BCUT2D eigenvalue weighted by Gasteiger charge is -2.01. The van der Waals surface area contributed by atoms with Crippen LogP contribution in [0.2, 0.25) is 0 Å². The molecule has 7 heteroatoms. The van der Waals surface area contributed by atoms with E-state index < -0.39 is 9.05 Å². The van der Waals surface area contributed by atoms with Gasteiger partial charge in [-0.15, -0.1) is 11.8 Å². The number of methoxy groups -OCH3 is 1. The van der Waals surface area contributed by atoms with E-state index in [-0.39, 0.29) is 5.75 Å². The minimum atomic E-state index is -3.42. The summed E-state index contributed by atoms with van der Waals surface area (Å²) in [7, 11) is 3.18. The summed E-state index contributed by atoms with van der Waals surface area (Å²) in [6.07, 6.45) is 0. The van der Waals surface area contributed by atoms with Gasteiger partial charge in [-0.05, 0) is 6.07 Å². The summed E-state index contributed by atoms with van der Waals surface area (Å²) in [4.78, 5) is 4.11. The predicted molar refractivity (Wildman–Crippen MR) is 61.2 cm³/mol. The lowest BCUT2D eigenvalue weighted by atomic mass is 10.5. The molecule has 0 atom stereocenters. The van der Waals surface area contributed by atoms with Gasteiger partial charge < -0.3 is 4.74 Å². The van der Waals surface area contributed by atoms with Crippen molar-refractivity contribution in [2.75, 3.05) is 18.6 Å². The molecule has 1 aromatic heterocycles. The van der Waals surface area contributed by atoms with E-state index in [1.807, 2.05) is 0 Å². The topological polar surface area (TPSA) is 56.3 Å². The maximum atomic E-state index is 10.7. The molecule has 0 radical (unpaired) electrons. The average molecular weight is 268 g/mol. The Labute approximate surface area is 97.4 Å². The number of aromatic nitrogens is 1. The maximum absolute atomic E-state index is 10.7. The molecule has 0 amide bonds. The molecular formula is C8H10ClNO3S2. The average Bonchev–Trinajstić information content (AvgIpc) is 2.16. The SMILES string of the molecule is COc1cccc(SCCS(=O)(=O)Cl)n1. The Bertz CT molecular complexity index is 422. The first-order chi connectivity index (χ1) is 7.01. The summed E-state index contributed by atoms with van der Waals surface area (Å²) in [5.74, 6) is 0.818. The Kier molecular flexibility index (Phi) is 4.69. The summed E-state index contributed by atoms with van der Waals surface area (Å²) < 4.78 is 26.2. The Balaban J connectivity index is 2.51. The fourth-order valence-corrected chi connectivity index (χ4v) is 3.07. The van der Waals surface area contributed by atoms with Crippen LogP contribution in [-0.4, -0.2) is 32.0 Å². The smallest absolute Gasteiger partial charge is 0.233 e. The highest BCUT2D eigenvalue weighted by Crippen LogP contribution is 2.18. The molecule has 0 spiro atoms. The van der Waals surface area contributed by atoms with Crippen LogP contribution in [0.15, 0.2) is 23.2 Å². The van der Waals surface area contributed by atoms with Crippen molar-refractivity contribution in [1.29, 1.82) is 0 Å². The molecule has 84 valence electrons. The summed E-state index contributed by atoms with van der Waals surface area (Å²) in [6, 6.07) is 5.31. The van der Waals surface area contributed by atoms with E-state index in [0.717, 1.165) is 5.03 Å². The van der Waals surface area contributed by atoms with Gasteiger partial charge in [0.05, 0.1) is 12.9 Å². The van der Waals surface area contributed by atoms with Gasteiger partial charge >= 0.3 is 0 Å². The van der Waals surface area contributed by atoms with Crippen LogP contribution in [0.1, 0.15) is 0 Å². The van der Waals surface area contributed by atoms with Crippen LogP contribution >= 0.6 is 22.4 Å². The van der Waals surface area contributed by atoms with Crippen molar-refractivity contribution < 1.29 is 13.2 Å². The lowest BCUT2D eigenvalue weighted by Crippen LogP contribution is -2.00. The summed E-state index contributed by atoms with van der Waals surface area (Å²) >= 11 is 1.32. The largest absolute Gasteiger partial charge is 0.481 e. The van der Waals surface area contributed by atoms with Crippen LogP contribution < -0.4 is 4.74 Å². The molecule has 0 N–H and O–H groups in total. The van der Waals surface area contributed by atoms with E-state index in [4.69, 9.17) is 15.4 Å². The van der Waals surface area contributed by atoms with Gasteiger partial charge in [0.1, 0.15) is 5.03 Å². The number of thioether (sulfide) groups is 1. The second kappa shape index (κ2) is 5.58. The van der Waals surface area contributed by atoms with Crippen LogP contribution in [0, 0.1) is 0 Å². The number of halogens is 1. The molecule has 0 aliphatic heterocycles. The molecule has 15 heavy (non-hydrogen) atoms. The molecule has 4 nitrogen and oxygen atoms in total. The lowest BCUT2D eigenvalue weighted by molar-refractivity contribution is 0.394. The number of pyridine rings is 1. The molecule has 1 rings (SSSR count). The normalized spacial score (nSPS) is 11.3. The fourth-order valence-electron chi connectivity index (χ4n) is 0.836. The van der Waals surface area contributed by atoms with E-state index in [9.17, 15) is 8.42 Å². The number of hydrogen-bond donors (Lipinski definition) is 0. The molecule has 1 aromatic rings. The number of rotatable bonds is 5. The summed E-state index contributed by atoms with van der Waals surface area (Å²) in [6.45, 7) is 0. The summed E-state index contributed by atoms with van der Waals surface area (Å²) in [5, 5.41) is 0.717. The van der Waals surface area contributed by atoms with E-state index >= 15 is 0 Å². The van der Waals surface area contributed by atoms with Crippen LogP contribution in [-0.2, 0) is 9.05 Å². The molecule has 0 fully saturated rings. The van der Waals surface area contributed by atoms with E-state index in [2.05, 4.69) is 4.98 Å². The minimum absolute atomic E-state index is 0.0713. The standard InChI is InChI=1S/C8H10ClNO3S2/c1-13-7-3-2-4-8(10-7)14-5-6-15(9,11)12/h2-4H,5-6H2,1H3. The molecule has 1 heterocycles. The van der Waals surface area contributed by atoms with Gasteiger partial charge in [0.2, 0.25) is 14.9 Å². The highest BCUT2D eigenvalue weighted by Gasteiger charge is 2.06. The third-order valence-electron chi connectivity index (χ3n) is 1.48. The second-order valence-electron chi connectivity index (χ2n) is 2.61. The molecule has 0 aromatic carbocycles. The van der Waals surface area contributed by atoms with Gasteiger partial charge in [0, 0.05) is 22.5 Å². The number of ether oxygens (including phenoxy) is 1. The van der Waals surface area contributed by atoms with Gasteiger partial charge in [-0.3, -0.25) is 0 Å². The summed E-state index contributed by atoms with van der Waals surface area (Å²) in [5.41, 5.74) is 0. The van der Waals surface area contributed by atoms with Crippen molar-refractivity contribution in [3.63, 3.8) is 0 Å². The third-order valence-corrected chi connectivity index (χ3v) is 3.83. The molecule has 0 unspecified atom stereocenters. The third kappa shape index (κ3) is 5.25. The van der Waals surface area contributed by atoms with E-state index in [1.165, 1.54) is 18.9 Å². The monoisotopic (exact) mass is 267 g/mol. The van der Waals surface area contributed by atoms with Gasteiger partial charge in [-0.2, -0.15) is 0 Å². The van der Waals surface area contributed by atoms with Crippen molar-refractivity contribution >= 4 is 31.5 Å². The number of nitrogens with zero attached hydrogens (tertiary/aromatic N) is 1. The zero-order chi connectivity index (χ0) is 11.3. The highest BCUT2D eigenvalue weighted by atomic mass is 35.7. The van der Waals surface area contributed by atoms with Crippen LogP contribution in [0.25, 0.3) is 0 Å². The molecule has 0 saturated heterocycles. The first kappa shape index (κ1) is 12.6. The van der Waals surface area contributed by atoms with Gasteiger partial charge in [-0.25, -0.2) is 13.4 Å². The molecule has 0 aliphatic rings. The first-order valence-electron chi connectivity index (χ1n) is 4.07. The van der Waals surface area contributed by atoms with Crippen LogP contribution in [0.4, 0.5) is 0 Å². The molecule has 0 aliphatic carbocycles. The van der Waals surface area contributed by atoms with Crippen LogP contribution in [0.3, 0.4) is 0 Å². The quantitative estimate of drug-likeness (QED) is 0.601. The van der Waals surface area contributed by atoms with Crippen molar-refractivity contribution in [2.45, 2.75) is 5.03 Å². The Morgan fingerprint density at radius 1 is 1.53 bits per heavy atom. The minimum Gasteiger partial charge on any atom is -0.481 e. The number of hydrogen-bond acceptors (Lipinski definition) is 5. The zero-order valence-electron chi connectivity index (χ0n) is 8.01. The zero-order valence-corrected chi connectivity index (χ0v) is 10.4. The van der Waals surface area contributed by atoms with Crippen molar-refractivity contribution in [3.8, 4) is 5.88 Å². The van der Waals surface area contributed by atoms with E-state index in [0.29, 0.717) is 11.6 Å². The van der Waals surface area contributed by atoms with E-state index in [1.54, 1.807) is 18.2 Å². The molecule has 0 saturated carbocycles. The van der Waals surface area contributed by atoms with Crippen molar-refractivity contribution in [2.24, 2.45) is 0 Å². The molecular weight excluding hydrogens is 258 g/mol. The van der Waals surface area contributed by atoms with Gasteiger partial charge in [0.15, 0.2) is 0 Å². The van der Waals surface area contributed by atoms with Gasteiger partial charge in [-0.1, -0.05) is 6.07 Å². The van der Waals surface area contributed by atoms with Crippen molar-refractivity contribution in [3.05, 3.63) is 18.2 Å². The second-order valence-corrected chi connectivity index (χ2v) is 6.62. The Morgan fingerprint density at radius 2 is 2.27 bits per heavy atom.